The van der Waals surface area contributed by atoms with Crippen molar-refractivity contribution >= 4 is 74.0 Å². The molecule has 8 N–H and O–H groups in total. The summed E-state index contributed by atoms with van der Waals surface area (Å²) in [7, 11) is -21.1. The summed E-state index contributed by atoms with van der Waals surface area (Å²) < 4.78 is 146. The van der Waals surface area contributed by atoms with Gasteiger partial charge >= 0.3 is 0 Å². The molecule has 0 bridgehead atoms. The molecule has 4 aromatic rings. The van der Waals surface area contributed by atoms with Gasteiger partial charge in [-0.3, -0.25) is 18.2 Å². The first-order valence-electron chi connectivity index (χ1n) is 13.6. The van der Waals surface area contributed by atoms with Gasteiger partial charge in [-0.25, -0.2) is 0 Å². The highest BCUT2D eigenvalue weighted by molar-refractivity contribution is 7.86. The lowest BCUT2D eigenvalue weighted by molar-refractivity contribution is 0.198. The molecule has 26 heteroatoms. The second-order valence-electron chi connectivity index (χ2n) is 9.95. The van der Waals surface area contributed by atoms with Gasteiger partial charge < -0.3 is 29.9 Å². The minimum Gasteiger partial charge on any atom is -0.505 e. The molecule has 0 aromatic heterocycles. The maximum Gasteiger partial charge on any atom is 0.296 e. The van der Waals surface area contributed by atoms with Crippen molar-refractivity contribution in [3.8, 4) is 23.0 Å². The average molecular weight is 809 g/mol. The third kappa shape index (κ3) is 8.93. The number of benzene rings is 4. The molecule has 0 heterocycles. The van der Waals surface area contributed by atoms with Crippen LogP contribution in [0.3, 0.4) is 0 Å². The Kier molecular flexibility index (Phi) is 11.5. The third-order valence-electron chi connectivity index (χ3n) is 6.47. The predicted molar refractivity (Wildman–Crippen MR) is 173 cm³/mol. The molecule has 22 nitrogen and oxygen atoms in total. The van der Waals surface area contributed by atoms with E-state index in [-0.39, 0.29) is 37.0 Å². The first-order chi connectivity index (χ1) is 24.1. The van der Waals surface area contributed by atoms with Crippen molar-refractivity contribution in [1.29, 1.82) is 0 Å². The molecule has 280 valence electrons. The van der Waals surface area contributed by atoms with Gasteiger partial charge in [0.15, 0.2) is 11.5 Å². The van der Waals surface area contributed by atoms with Gasteiger partial charge in [0, 0.05) is 6.07 Å². The molecule has 4 rings (SSSR count). The predicted octanol–water partition coefficient (Wildman–Crippen LogP) is 2.81. The maximum absolute atomic E-state index is 12.4. The van der Waals surface area contributed by atoms with E-state index in [2.05, 4.69) is 20.5 Å². The SMILES string of the molecule is O=S(=O)(O)c1ccc(S(=O)(=O)O)c(N=Nc2c(S(=O)(=O)O)cc3cc(S(=O)(=O)O)c(N=Nc4cc(OCCO)ccc4OCCO)c(O)c3c2O)c1. The van der Waals surface area contributed by atoms with E-state index < -0.39 is 106 Å². The molecule has 0 aliphatic rings. The Hall–Kier alpha value is -4.90. The van der Waals surface area contributed by atoms with E-state index in [0.717, 1.165) is 0 Å². The molecule has 0 atom stereocenters. The van der Waals surface area contributed by atoms with Crippen molar-refractivity contribution < 1.29 is 81.8 Å². The Morgan fingerprint density at radius 1 is 0.538 bits per heavy atom. The summed E-state index contributed by atoms with van der Waals surface area (Å²) in [5.41, 5.74) is -3.65. The van der Waals surface area contributed by atoms with Crippen molar-refractivity contribution in [2.24, 2.45) is 20.5 Å². The van der Waals surface area contributed by atoms with Gasteiger partial charge in [-0.1, -0.05) is 0 Å². The van der Waals surface area contributed by atoms with Crippen LogP contribution < -0.4 is 9.47 Å². The number of fused-ring (bicyclic) bond motifs is 1. The summed E-state index contributed by atoms with van der Waals surface area (Å²) in [6, 6.07) is 6.20. The highest BCUT2D eigenvalue weighted by Crippen LogP contribution is 2.50. The Morgan fingerprint density at radius 3 is 1.52 bits per heavy atom. The minimum atomic E-state index is -5.47. The zero-order valence-electron chi connectivity index (χ0n) is 25.5. The lowest BCUT2D eigenvalue weighted by Crippen LogP contribution is -2.03. The molecule has 0 aliphatic carbocycles. The summed E-state index contributed by atoms with van der Waals surface area (Å²) in [5.74, 6) is -2.71. The van der Waals surface area contributed by atoms with E-state index in [1.165, 1.54) is 18.2 Å². The van der Waals surface area contributed by atoms with Crippen LogP contribution in [0.15, 0.2) is 88.6 Å². The number of rotatable bonds is 14. The number of aliphatic hydroxyl groups is 2. The van der Waals surface area contributed by atoms with E-state index in [0.29, 0.717) is 30.3 Å². The molecule has 0 fully saturated rings. The van der Waals surface area contributed by atoms with Gasteiger partial charge in [0.25, 0.3) is 40.5 Å². The monoisotopic (exact) mass is 808 g/mol. The quantitative estimate of drug-likeness (QED) is 0.0670. The van der Waals surface area contributed by atoms with Crippen molar-refractivity contribution in [3.63, 3.8) is 0 Å². The minimum absolute atomic E-state index is 0.0755. The van der Waals surface area contributed by atoms with Crippen LogP contribution in [-0.2, 0) is 40.5 Å². The Morgan fingerprint density at radius 2 is 1.04 bits per heavy atom. The summed E-state index contributed by atoms with van der Waals surface area (Å²) in [4.78, 5) is -4.69. The number of phenolic OH excluding ortho intramolecular Hbond substituents is 2. The second-order valence-corrected chi connectivity index (χ2v) is 15.5. The molecular weight excluding hydrogens is 785 g/mol. The fraction of sp³-hybridized carbons (Fsp3) is 0.154. The summed E-state index contributed by atoms with van der Waals surface area (Å²) in [6.45, 7) is -1.26. The number of aliphatic hydroxyl groups excluding tert-OH is 2. The largest absolute Gasteiger partial charge is 0.505 e. The molecule has 0 amide bonds. The number of phenols is 2. The van der Waals surface area contributed by atoms with Crippen LogP contribution in [0, 0.1) is 0 Å². The van der Waals surface area contributed by atoms with E-state index in [9.17, 15) is 62.1 Å². The Bertz CT molecular complexity index is 2580. The van der Waals surface area contributed by atoms with Crippen molar-refractivity contribution in [1.82, 2.24) is 0 Å². The number of aromatic hydroxyl groups is 2. The van der Waals surface area contributed by atoms with Crippen LogP contribution in [0.5, 0.6) is 23.0 Å². The first-order valence-corrected chi connectivity index (χ1v) is 19.4. The molecule has 0 saturated heterocycles. The molecule has 52 heavy (non-hydrogen) atoms. The van der Waals surface area contributed by atoms with Gasteiger partial charge in [-0.15, -0.1) is 20.5 Å². The van der Waals surface area contributed by atoms with Gasteiger partial charge in [-0.2, -0.15) is 33.7 Å². The van der Waals surface area contributed by atoms with Gasteiger partial charge in [-0.05, 0) is 47.9 Å². The number of azo groups is 2. The Labute approximate surface area is 292 Å². The van der Waals surface area contributed by atoms with Crippen LogP contribution in [0.1, 0.15) is 0 Å². The molecule has 0 spiro atoms. The second kappa shape index (κ2) is 15.0. The normalized spacial score (nSPS) is 13.0. The van der Waals surface area contributed by atoms with Crippen LogP contribution in [-0.4, -0.2) is 98.7 Å². The van der Waals surface area contributed by atoms with Gasteiger partial charge in [0.1, 0.15) is 62.1 Å². The topological polar surface area (TPSA) is 366 Å². The summed E-state index contributed by atoms with van der Waals surface area (Å²) in [5, 5.41) is 53.2. The van der Waals surface area contributed by atoms with E-state index in [1.807, 2.05) is 0 Å². The van der Waals surface area contributed by atoms with Crippen molar-refractivity contribution in [3.05, 3.63) is 48.5 Å². The van der Waals surface area contributed by atoms with Crippen LogP contribution in [0.2, 0.25) is 0 Å². The lowest BCUT2D eigenvalue weighted by atomic mass is 10.1. The third-order valence-corrected chi connectivity index (χ3v) is 9.95. The van der Waals surface area contributed by atoms with Crippen LogP contribution in [0.4, 0.5) is 22.7 Å². The summed E-state index contributed by atoms with van der Waals surface area (Å²) in [6.07, 6.45) is 0. The molecule has 0 saturated carbocycles. The first kappa shape index (κ1) is 39.9. The standard InChI is InChI=1S/C26H24N4O18S4/c31-5-7-47-14-1-3-18(48-8-6-32)16(11-14)27-29-23-20(51(41,42)43)9-13-10-21(52(44,45)46)24(26(34)22(13)25(23)33)30-28-17-12-15(49(35,36)37)2-4-19(17)50(38,39)40/h1-4,9-12,31-34H,5-8H2,(H,35,36,37)(H,38,39,40)(H,41,42,43)(H,44,45,46). The fourth-order valence-electron chi connectivity index (χ4n) is 4.32. The smallest absolute Gasteiger partial charge is 0.296 e. The zero-order chi connectivity index (χ0) is 38.8. The van der Waals surface area contributed by atoms with Gasteiger partial charge in [0.05, 0.1) is 23.5 Å². The molecule has 0 radical (unpaired) electrons. The van der Waals surface area contributed by atoms with Crippen LogP contribution >= 0.6 is 0 Å². The van der Waals surface area contributed by atoms with E-state index in [4.69, 9.17) is 19.7 Å². The fourth-order valence-corrected chi connectivity index (χ4v) is 6.74. The highest BCUT2D eigenvalue weighted by Gasteiger charge is 2.29. The highest BCUT2D eigenvalue weighted by atomic mass is 32.2. The van der Waals surface area contributed by atoms with Gasteiger partial charge in [0.2, 0.25) is 0 Å². The molecule has 0 unspecified atom stereocenters. The number of ether oxygens (including phenoxy) is 2. The number of hydrogen-bond acceptors (Lipinski definition) is 18. The van der Waals surface area contributed by atoms with E-state index in [1.54, 1.807) is 0 Å². The molecule has 0 aliphatic heterocycles. The number of hydrogen-bond donors (Lipinski definition) is 8. The Balaban J connectivity index is 2.04. The van der Waals surface area contributed by atoms with Crippen molar-refractivity contribution in [2.45, 2.75) is 19.6 Å². The maximum atomic E-state index is 12.4. The number of nitrogens with zero attached hydrogens (tertiary/aromatic N) is 4. The van der Waals surface area contributed by atoms with Crippen LogP contribution in [0.25, 0.3) is 10.8 Å². The zero-order valence-corrected chi connectivity index (χ0v) is 28.8. The van der Waals surface area contributed by atoms with Crippen molar-refractivity contribution in [2.75, 3.05) is 26.4 Å². The molecular formula is C26H24N4O18S4. The van der Waals surface area contributed by atoms with E-state index >= 15 is 0 Å². The lowest BCUT2D eigenvalue weighted by Gasteiger charge is -2.14. The average Bonchev–Trinajstić information content (AvgIpc) is 3.03. The molecule has 4 aromatic carbocycles. The summed E-state index contributed by atoms with van der Waals surface area (Å²) >= 11 is 0.